The molecule has 6 heteroatoms. The summed E-state index contributed by atoms with van der Waals surface area (Å²) in [6.07, 6.45) is 3.35. The van der Waals surface area contributed by atoms with Gasteiger partial charge >= 0.3 is 0 Å². The van der Waals surface area contributed by atoms with Gasteiger partial charge in [0.05, 0.1) is 16.9 Å². The molecule has 0 aliphatic heterocycles. The number of rotatable bonds is 3. The van der Waals surface area contributed by atoms with Gasteiger partial charge in [-0.05, 0) is 20.8 Å². The molecule has 2 aromatic heterocycles. The Bertz CT molecular complexity index is 562. The van der Waals surface area contributed by atoms with Crippen LogP contribution in [0.1, 0.15) is 25.5 Å². The zero-order valence-electron chi connectivity index (χ0n) is 10.6. The van der Waals surface area contributed by atoms with Gasteiger partial charge in [-0.3, -0.25) is 0 Å². The maximum atomic E-state index is 5.84. The van der Waals surface area contributed by atoms with Crippen LogP contribution in [0.15, 0.2) is 18.5 Å². The maximum Gasteiger partial charge on any atom is 0.133 e. The first-order valence-electron chi connectivity index (χ1n) is 5.71. The molecule has 0 unspecified atom stereocenters. The van der Waals surface area contributed by atoms with E-state index in [1.807, 2.05) is 17.8 Å². The third-order valence-corrected chi connectivity index (χ3v) is 2.91. The fourth-order valence-corrected chi connectivity index (χ4v) is 1.74. The lowest BCUT2D eigenvalue weighted by atomic mass is 10.3. The highest BCUT2D eigenvalue weighted by Crippen LogP contribution is 2.25. The zero-order valence-corrected chi connectivity index (χ0v) is 11.4. The van der Waals surface area contributed by atoms with E-state index in [1.165, 1.54) is 6.20 Å². The molecule has 0 atom stereocenters. The first-order valence-corrected chi connectivity index (χ1v) is 6.09. The Balaban J connectivity index is 2.33. The maximum absolute atomic E-state index is 5.84. The third kappa shape index (κ3) is 2.41. The van der Waals surface area contributed by atoms with Crippen LogP contribution in [-0.4, -0.2) is 14.8 Å². The van der Waals surface area contributed by atoms with Crippen LogP contribution >= 0.6 is 11.6 Å². The molecule has 0 aliphatic rings. The quantitative estimate of drug-likeness (QED) is 0.895. The second-order valence-corrected chi connectivity index (χ2v) is 4.84. The molecule has 0 radical (unpaired) electrons. The molecule has 0 aromatic carbocycles. The average Bonchev–Trinajstić information content (AvgIpc) is 2.66. The van der Waals surface area contributed by atoms with Crippen LogP contribution in [0.25, 0.3) is 0 Å². The molecule has 2 rings (SSSR count). The SMILES string of the molecule is Cc1cnn(C(C)C)c1Nc1cc(N)c(Cl)cn1. The van der Waals surface area contributed by atoms with E-state index >= 15 is 0 Å². The van der Waals surface area contributed by atoms with Crippen LogP contribution in [0, 0.1) is 6.92 Å². The van der Waals surface area contributed by atoms with Gasteiger partial charge in [-0.2, -0.15) is 5.10 Å². The predicted molar refractivity (Wildman–Crippen MR) is 74.3 cm³/mol. The predicted octanol–water partition coefficient (Wildman–Crippen LogP) is 3.15. The van der Waals surface area contributed by atoms with Gasteiger partial charge in [0.2, 0.25) is 0 Å². The van der Waals surface area contributed by atoms with Gasteiger partial charge < -0.3 is 11.1 Å². The molecule has 5 nitrogen and oxygen atoms in total. The van der Waals surface area contributed by atoms with E-state index in [2.05, 4.69) is 29.2 Å². The van der Waals surface area contributed by atoms with Crippen molar-refractivity contribution >= 4 is 28.9 Å². The fourth-order valence-electron chi connectivity index (χ4n) is 1.64. The average molecular weight is 266 g/mol. The van der Waals surface area contributed by atoms with E-state index in [0.29, 0.717) is 16.5 Å². The number of hydrogen-bond acceptors (Lipinski definition) is 4. The van der Waals surface area contributed by atoms with E-state index in [1.54, 1.807) is 6.07 Å². The summed E-state index contributed by atoms with van der Waals surface area (Å²) in [6, 6.07) is 1.98. The molecular weight excluding hydrogens is 250 g/mol. The second kappa shape index (κ2) is 4.86. The number of anilines is 3. The lowest BCUT2D eigenvalue weighted by molar-refractivity contribution is 0.539. The van der Waals surface area contributed by atoms with Crippen molar-refractivity contribution in [1.29, 1.82) is 0 Å². The number of nitrogen functional groups attached to an aromatic ring is 1. The smallest absolute Gasteiger partial charge is 0.133 e. The number of aromatic nitrogens is 3. The van der Waals surface area contributed by atoms with Gasteiger partial charge in [0.25, 0.3) is 0 Å². The molecule has 2 aromatic rings. The molecule has 0 bridgehead atoms. The van der Waals surface area contributed by atoms with Crippen molar-refractivity contribution in [2.24, 2.45) is 0 Å². The number of halogens is 1. The van der Waals surface area contributed by atoms with Crippen LogP contribution in [-0.2, 0) is 0 Å². The van der Waals surface area contributed by atoms with Crippen molar-refractivity contribution < 1.29 is 0 Å². The standard InChI is InChI=1S/C12H16ClN5/c1-7(2)18-12(8(3)5-16-18)17-11-4-10(14)9(13)6-15-11/h4-7H,1-3H3,(H3,14,15,17). The van der Waals surface area contributed by atoms with Crippen molar-refractivity contribution in [1.82, 2.24) is 14.8 Å². The van der Waals surface area contributed by atoms with Gasteiger partial charge in [0, 0.05) is 23.9 Å². The van der Waals surface area contributed by atoms with Gasteiger partial charge in [-0.15, -0.1) is 0 Å². The molecule has 0 spiro atoms. The van der Waals surface area contributed by atoms with Crippen molar-refractivity contribution in [3.05, 3.63) is 29.0 Å². The van der Waals surface area contributed by atoms with Gasteiger partial charge in [-0.25, -0.2) is 9.67 Å². The summed E-state index contributed by atoms with van der Waals surface area (Å²) >= 11 is 5.84. The van der Waals surface area contributed by atoms with E-state index < -0.39 is 0 Å². The molecule has 0 amide bonds. The second-order valence-electron chi connectivity index (χ2n) is 4.43. The van der Waals surface area contributed by atoms with Crippen LogP contribution in [0.2, 0.25) is 5.02 Å². The molecule has 18 heavy (non-hydrogen) atoms. The first kappa shape index (κ1) is 12.7. The van der Waals surface area contributed by atoms with E-state index in [4.69, 9.17) is 17.3 Å². The molecule has 0 saturated heterocycles. The Morgan fingerprint density at radius 2 is 2.11 bits per heavy atom. The van der Waals surface area contributed by atoms with E-state index in [9.17, 15) is 0 Å². The summed E-state index contributed by atoms with van der Waals surface area (Å²) in [7, 11) is 0. The van der Waals surface area contributed by atoms with Crippen molar-refractivity contribution in [2.45, 2.75) is 26.8 Å². The summed E-state index contributed by atoms with van der Waals surface area (Å²) in [6.45, 7) is 6.13. The Morgan fingerprint density at radius 1 is 1.39 bits per heavy atom. The minimum absolute atomic E-state index is 0.269. The Hall–Kier alpha value is -1.75. The number of nitrogens with zero attached hydrogens (tertiary/aromatic N) is 3. The number of hydrogen-bond donors (Lipinski definition) is 2. The van der Waals surface area contributed by atoms with Crippen molar-refractivity contribution in [3.8, 4) is 0 Å². The number of nitrogens with one attached hydrogen (secondary N) is 1. The highest BCUT2D eigenvalue weighted by molar-refractivity contribution is 6.32. The molecule has 0 aliphatic carbocycles. The number of pyridine rings is 1. The molecule has 0 fully saturated rings. The number of nitrogens with two attached hydrogens (primary N) is 1. The van der Waals surface area contributed by atoms with Crippen LogP contribution in [0.4, 0.5) is 17.3 Å². The monoisotopic (exact) mass is 265 g/mol. The topological polar surface area (TPSA) is 68.8 Å². The van der Waals surface area contributed by atoms with E-state index in [0.717, 1.165) is 11.4 Å². The minimum Gasteiger partial charge on any atom is -0.397 e. The Morgan fingerprint density at radius 3 is 2.72 bits per heavy atom. The fraction of sp³-hybridized carbons (Fsp3) is 0.333. The van der Waals surface area contributed by atoms with Crippen LogP contribution in [0.5, 0.6) is 0 Å². The molecule has 3 N–H and O–H groups in total. The lowest BCUT2D eigenvalue weighted by Crippen LogP contribution is -2.08. The minimum atomic E-state index is 0.269. The highest BCUT2D eigenvalue weighted by atomic mass is 35.5. The Kier molecular flexibility index (Phi) is 3.43. The first-order chi connectivity index (χ1) is 8.49. The number of aryl methyl sites for hydroxylation is 1. The summed E-state index contributed by atoms with van der Waals surface area (Å²) in [5, 5.41) is 7.99. The summed E-state index contributed by atoms with van der Waals surface area (Å²) in [5.41, 5.74) is 7.31. The largest absolute Gasteiger partial charge is 0.397 e. The zero-order chi connectivity index (χ0) is 13.3. The van der Waals surface area contributed by atoms with E-state index in [-0.39, 0.29) is 6.04 Å². The third-order valence-electron chi connectivity index (χ3n) is 2.60. The lowest BCUT2D eigenvalue weighted by Gasteiger charge is -2.13. The summed E-state index contributed by atoms with van der Waals surface area (Å²) in [5.74, 6) is 1.57. The normalized spacial score (nSPS) is 10.9. The Labute approximate surface area is 111 Å². The van der Waals surface area contributed by atoms with Gasteiger partial charge in [0.15, 0.2) is 0 Å². The van der Waals surface area contributed by atoms with Crippen LogP contribution < -0.4 is 11.1 Å². The molecule has 0 saturated carbocycles. The molecular formula is C12H16ClN5. The highest BCUT2D eigenvalue weighted by Gasteiger charge is 2.11. The van der Waals surface area contributed by atoms with Crippen molar-refractivity contribution in [3.63, 3.8) is 0 Å². The van der Waals surface area contributed by atoms with Gasteiger partial charge in [0.1, 0.15) is 11.6 Å². The summed E-state index contributed by atoms with van der Waals surface area (Å²) < 4.78 is 1.90. The van der Waals surface area contributed by atoms with Crippen LogP contribution in [0.3, 0.4) is 0 Å². The molecule has 2 heterocycles. The van der Waals surface area contributed by atoms with Gasteiger partial charge in [-0.1, -0.05) is 11.6 Å². The summed E-state index contributed by atoms with van der Waals surface area (Å²) in [4.78, 5) is 4.19. The van der Waals surface area contributed by atoms with Crippen molar-refractivity contribution in [2.75, 3.05) is 11.1 Å². The molecule has 96 valence electrons.